The molecule has 80 valence electrons. The average Bonchev–Trinajstić information content (AvgIpc) is 2.72. The number of phenols is 1. The zero-order valence-electron chi connectivity index (χ0n) is 8.88. The first-order valence-corrected chi connectivity index (χ1v) is 5.25. The standard InChI is InChI=1S/C12H11N3O/c1-2-15-13-10-7-11(16)8-5-3-4-6-9(8)12(10)14-15/h3-7,16H,2H2,1H3. The summed E-state index contributed by atoms with van der Waals surface area (Å²) in [5.41, 5.74) is 1.58. The van der Waals surface area contributed by atoms with E-state index < -0.39 is 0 Å². The van der Waals surface area contributed by atoms with Gasteiger partial charge in [-0.1, -0.05) is 24.3 Å². The highest BCUT2D eigenvalue weighted by atomic mass is 16.3. The molecule has 0 aliphatic heterocycles. The van der Waals surface area contributed by atoms with Gasteiger partial charge in [0, 0.05) is 16.8 Å². The summed E-state index contributed by atoms with van der Waals surface area (Å²) in [6.07, 6.45) is 0. The summed E-state index contributed by atoms with van der Waals surface area (Å²) in [6.45, 7) is 2.71. The Morgan fingerprint density at radius 2 is 1.94 bits per heavy atom. The number of fused-ring (bicyclic) bond motifs is 3. The second-order valence-electron chi connectivity index (χ2n) is 3.70. The molecule has 4 heteroatoms. The second-order valence-corrected chi connectivity index (χ2v) is 3.70. The van der Waals surface area contributed by atoms with E-state index in [4.69, 9.17) is 0 Å². The van der Waals surface area contributed by atoms with Gasteiger partial charge in [-0.2, -0.15) is 15.0 Å². The molecule has 0 saturated carbocycles. The van der Waals surface area contributed by atoms with Gasteiger partial charge in [-0.05, 0) is 6.92 Å². The van der Waals surface area contributed by atoms with Gasteiger partial charge in [-0.3, -0.25) is 0 Å². The first kappa shape index (κ1) is 9.15. The third kappa shape index (κ3) is 1.16. The monoisotopic (exact) mass is 213 g/mol. The van der Waals surface area contributed by atoms with Gasteiger partial charge in [0.05, 0.1) is 6.54 Å². The molecule has 0 unspecified atom stereocenters. The molecule has 0 fully saturated rings. The van der Waals surface area contributed by atoms with Crippen molar-refractivity contribution < 1.29 is 5.11 Å². The Morgan fingerprint density at radius 3 is 2.69 bits per heavy atom. The molecule has 1 heterocycles. The van der Waals surface area contributed by atoms with Crippen LogP contribution in [0.15, 0.2) is 30.3 Å². The predicted octanol–water partition coefficient (Wildman–Crippen LogP) is 2.31. The molecule has 1 aromatic heterocycles. The molecule has 2 aromatic carbocycles. The van der Waals surface area contributed by atoms with Crippen LogP contribution in [0, 0.1) is 0 Å². The molecule has 1 N–H and O–H groups in total. The molecular formula is C12H11N3O. The van der Waals surface area contributed by atoms with Crippen LogP contribution in [0.4, 0.5) is 0 Å². The first-order valence-electron chi connectivity index (χ1n) is 5.25. The second kappa shape index (κ2) is 3.20. The average molecular weight is 213 g/mol. The molecule has 16 heavy (non-hydrogen) atoms. The van der Waals surface area contributed by atoms with Gasteiger partial charge in [0.1, 0.15) is 16.8 Å². The quantitative estimate of drug-likeness (QED) is 0.674. The summed E-state index contributed by atoms with van der Waals surface area (Å²) in [4.78, 5) is 1.64. The Bertz CT molecular complexity index is 672. The van der Waals surface area contributed by atoms with Crippen LogP contribution < -0.4 is 0 Å². The van der Waals surface area contributed by atoms with E-state index in [2.05, 4.69) is 10.2 Å². The minimum Gasteiger partial charge on any atom is -0.507 e. The molecule has 3 rings (SSSR count). The van der Waals surface area contributed by atoms with Gasteiger partial charge in [-0.25, -0.2) is 0 Å². The number of phenolic OH excluding ortho intramolecular Hbond substituents is 1. The molecule has 3 aromatic rings. The molecule has 0 bridgehead atoms. The maximum Gasteiger partial charge on any atom is 0.125 e. The summed E-state index contributed by atoms with van der Waals surface area (Å²) in [6, 6.07) is 9.34. The lowest BCUT2D eigenvalue weighted by molar-refractivity contribution is 0.482. The zero-order valence-corrected chi connectivity index (χ0v) is 8.88. The van der Waals surface area contributed by atoms with E-state index in [1.54, 1.807) is 10.9 Å². The largest absolute Gasteiger partial charge is 0.507 e. The van der Waals surface area contributed by atoms with Crippen molar-refractivity contribution >= 4 is 21.8 Å². The van der Waals surface area contributed by atoms with Crippen molar-refractivity contribution in [1.29, 1.82) is 0 Å². The summed E-state index contributed by atoms with van der Waals surface area (Å²) >= 11 is 0. The lowest BCUT2D eigenvalue weighted by atomic mass is 10.1. The molecule has 0 atom stereocenters. The minimum atomic E-state index is 0.256. The molecule has 0 spiro atoms. The van der Waals surface area contributed by atoms with Gasteiger partial charge in [-0.15, -0.1) is 0 Å². The van der Waals surface area contributed by atoms with Crippen LogP contribution in [0.25, 0.3) is 21.8 Å². The van der Waals surface area contributed by atoms with Gasteiger partial charge in [0.15, 0.2) is 0 Å². The van der Waals surface area contributed by atoms with Crippen molar-refractivity contribution in [2.24, 2.45) is 0 Å². The van der Waals surface area contributed by atoms with Crippen LogP contribution in [-0.2, 0) is 6.54 Å². The highest BCUT2D eigenvalue weighted by Crippen LogP contribution is 2.30. The number of aryl methyl sites for hydroxylation is 1. The van der Waals surface area contributed by atoms with Crippen molar-refractivity contribution in [3.8, 4) is 5.75 Å². The minimum absolute atomic E-state index is 0.256. The van der Waals surface area contributed by atoms with Crippen molar-refractivity contribution in [1.82, 2.24) is 15.0 Å². The third-order valence-corrected chi connectivity index (χ3v) is 2.70. The summed E-state index contributed by atoms with van der Waals surface area (Å²) in [5, 5.41) is 20.3. The first-order chi connectivity index (χ1) is 7.79. The predicted molar refractivity (Wildman–Crippen MR) is 62.4 cm³/mol. The Morgan fingerprint density at radius 1 is 1.19 bits per heavy atom. The number of nitrogens with zero attached hydrogens (tertiary/aromatic N) is 3. The number of aromatic hydroxyl groups is 1. The van der Waals surface area contributed by atoms with Crippen molar-refractivity contribution in [3.05, 3.63) is 30.3 Å². The number of rotatable bonds is 1. The maximum atomic E-state index is 9.87. The van der Waals surface area contributed by atoms with E-state index in [0.717, 1.165) is 28.4 Å². The van der Waals surface area contributed by atoms with E-state index in [0.29, 0.717) is 0 Å². The van der Waals surface area contributed by atoms with E-state index in [-0.39, 0.29) is 5.75 Å². The number of hydrogen-bond donors (Lipinski definition) is 1. The smallest absolute Gasteiger partial charge is 0.125 e. The van der Waals surface area contributed by atoms with Gasteiger partial charge >= 0.3 is 0 Å². The van der Waals surface area contributed by atoms with E-state index in [1.165, 1.54) is 0 Å². The Kier molecular flexibility index (Phi) is 1.83. The molecule has 0 saturated heterocycles. The molecule has 4 nitrogen and oxygen atoms in total. The van der Waals surface area contributed by atoms with Crippen LogP contribution >= 0.6 is 0 Å². The molecular weight excluding hydrogens is 202 g/mol. The highest BCUT2D eigenvalue weighted by Gasteiger charge is 2.09. The van der Waals surface area contributed by atoms with Crippen molar-refractivity contribution in [2.45, 2.75) is 13.5 Å². The molecule has 0 radical (unpaired) electrons. The topological polar surface area (TPSA) is 50.9 Å². The maximum absolute atomic E-state index is 9.87. The highest BCUT2D eigenvalue weighted by molar-refractivity contribution is 6.06. The Balaban J connectivity index is 2.52. The third-order valence-electron chi connectivity index (χ3n) is 2.70. The SMILES string of the molecule is CCn1nc2cc(O)c3ccccc3c2n1. The van der Waals surface area contributed by atoms with Crippen molar-refractivity contribution in [3.63, 3.8) is 0 Å². The fourth-order valence-electron chi connectivity index (χ4n) is 1.91. The van der Waals surface area contributed by atoms with Crippen molar-refractivity contribution in [2.75, 3.05) is 0 Å². The van der Waals surface area contributed by atoms with Gasteiger partial charge < -0.3 is 5.11 Å². The van der Waals surface area contributed by atoms with Crippen LogP contribution in [0.1, 0.15) is 6.92 Å². The van der Waals surface area contributed by atoms with Gasteiger partial charge in [0.25, 0.3) is 0 Å². The van der Waals surface area contributed by atoms with E-state index in [9.17, 15) is 5.11 Å². The zero-order chi connectivity index (χ0) is 11.1. The number of hydrogen-bond acceptors (Lipinski definition) is 3. The lowest BCUT2D eigenvalue weighted by Crippen LogP contribution is -1.97. The fraction of sp³-hybridized carbons (Fsp3) is 0.167. The van der Waals surface area contributed by atoms with Crippen LogP contribution in [0.5, 0.6) is 5.75 Å². The van der Waals surface area contributed by atoms with E-state index >= 15 is 0 Å². The van der Waals surface area contributed by atoms with E-state index in [1.807, 2.05) is 31.2 Å². The molecule has 0 aliphatic carbocycles. The molecule has 0 amide bonds. The normalized spacial score (nSPS) is 11.3. The van der Waals surface area contributed by atoms with Crippen LogP contribution in [0.2, 0.25) is 0 Å². The fourth-order valence-corrected chi connectivity index (χ4v) is 1.91. The Labute approximate surface area is 92.1 Å². The number of aromatic nitrogens is 3. The Hall–Kier alpha value is -2.10. The lowest BCUT2D eigenvalue weighted by Gasteiger charge is -1.99. The number of benzene rings is 2. The summed E-state index contributed by atoms with van der Waals surface area (Å²) in [7, 11) is 0. The summed E-state index contributed by atoms with van der Waals surface area (Å²) in [5.74, 6) is 0.256. The van der Waals surface area contributed by atoms with Gasteiger partial charge in [0.2, 0.25) is 0 Å². The molecule has 0 aliphatic rings. The summed E-state index contributed by atoms with van der Waals surface area (Å²) < 4.78 is 0. The van der Waals surface area contributed by atoms with Crippen LogP contribution in [-0.4, -0.2) is 20.1 Å². The van der Waals surface area contributed by atoms with Crippen LogP contribution in [0.3, 0.4) is 0 Å².